The van der Waals surface area contributed by atoms with Crippen LogP contribution in [0.15, 0.2) is 47.3 Å². The van der Waals surface area contributed by atoms with Crippen molar-refractivity contribution < 1.29 is 0 Å². The standard InChI is InChI=1S/C17H14N4O/c1-21(2)15-8-7-11(9-12(15)10-18)16-19-14-6-4-3-5-13(14)17(22)20-16/h3-9H,1-2H3,(H,19,20,22). The summed E-state index contributed by atoms with van der Waals surface area (Å²) in [5.41, 5.74) is 2.53. The minimum absolute atomic E-state index is 0.184. The lowest BCUT2D eigenvalue weighted by Crippen LogP contribution is -2.11. The van der Waals surface area contributed by atoms with Crippen LogP contribution >= 0.6 is 0 Å². The number of aromatic nitrogens is 2. The van der Waals surface area contributed by atoms with Crippen molar-refractivity contribution in [3.63, 3.8) is 0 Å². The number of nitrogens with one attached hydrogen (secondary N) is 1. The Hall–Kier alpha value is -3.13. The van der Waals surface area contributed by atoms with Gasteiger partial charge in [0.15, 0.2) is 0 Å². The van der Waals surface area contributed by atoms with Crippen LogP contribution in [-0.4, -0.2) is 24.1 Å². The van der Waals surface area contributed by atoms with Crippen molar-refractivity contribution in [1.29, 1.82) is 5.26 Å². The normalized spacial score (nSPS) is 10.4. The average Bonchev–Trinajstić information content (AvgIpc) is 2.54. The third-order valence-electron chi connectivity index (χ3n) is 3.49. The summed E-state index contributed by atoms with van der Waals surface area (Å²) in [6.07, 6.45) is 0. The number of anilines is 1. The van der Waals surface area contributed by atoms with E-state index in [1.165, 1.54) is 0 Å². The lowest BCUT2D eigenvalue weighted by atomic mass is 10.1. The summed E-state index contributed by atoms with van der Waals surface area (Å²) in [7, 11) is 3.76. The molecule has 0 aliphatic rings. The van der Waals surface area contributed by atoms with E-state index < -0.39 is 0 Å². The largest absolute Gasteiger partial charge is 0.377 e. The Morgan fingerprint density at radius 1 is 1.18 bits per heavy atom. The third-order valence-corrected chi connectivity index (χ3v) is 3.49. The number of aromatic amines is 1. The zero-order valence-corrected chi connectivity index (χ0v) is 12.3. The van der Waals surface area contributed by atoms with Gasteiger partial charge in [-0.1, -0.05) is 12.1 Å². The first-order chi connectivity index (χ1) is 10.6. The van der Waals surface area contributed by atoms with E-state index in [4.69, 9.17) is 0 Å². The second kappa shape index (κ2) is 5.34. The highest BCUT2D eigenvalue weighted by Gasteiger charge is 2.10. The van der Waals surface area contributed by atoms with Gasteiger partial charge in [0.25, 0.3) is 5.56 Å². The first-order valence-electron chi connectivity index (χ1n) is 6.81. The molecule has 0 amide bonds. The highest BCUT2D eigenvalue weighted by molar-refractivity contribution is 5.79. The highest BCUT2D eigenvalue weighted by atomic mass is 16.1. The number of hydrogen-bond acceptors (Lipinski definition) is 4. The van der Waals surface area contributed by atoms with E-state index in [0.717, 1.165) is 5.69 Å². The Morgan fingerprint density at radius 2 is 1.95 bits per heavy atom. The second-order valence-electron chi connectivity index (χ2n) is 5.17. The van der Waals surface area contributed by atoms with Crippen LogP contribution in [0.3, 0.4) is 0 Å². The van der Waals surface area contributed by atoms with Gasteiger partial charge in [0.05, 0.1) is 22.2 Å². The summed E-state index contributed by atoms with van der Waals surface area (Å²) in [4.78, 5) is 21.3. The topological polar surface area (TPSA) is 72.8 Å². The minimum Gasteiger partial charge on any atom is -0.377 e. The molecule has 5 nitrogen and oxygen atoms in total. The third kappa shape index (κ3) is 2.31. The lowest BCUT2D eigenvalue weighted by Gasteiger charge is -2.14. The predicted octanol–water partition coefficient (Wildman–Crippen LogP) is 2.53. The van der Waals surface area contributed by atoms with Gasteiger partial charge in [-0.15, -0.1) is 0 Å². The molecule has 1 heterocycles. The molecule has 108 valence electrons. The molecule has 0 aliphatic heterocycles. The smallest absolute Gasteiger partial charge is 0.259 e. The van der Waals surface area contributed by atoms with Gasteiger partial charge in [-0.2, -0.15) is 5.26 Å². The molecule has 0 atom stereocenters. The van der Waals surface area contributed by atoms with E-state index >= 15 is 0 Å². The molecule has 3 aromatic rings. The van der Waals surface area contributed by atoms with Crippen LogP contribution in [0.25, 0.3) is 22.3 Å². The van der Waals surface area contributed by atoms with Gasteiger partial charge in [0, 0.05) is 19.7 Å². The SMILES string of the molecule is CN(C)c1ccc(-c2nc3ccccc3c(=O)[nH]2)cc1C#N. The molecule has 2 aromatic carbocycles. The summed E-state index contributed by atoms with van der Waals surface area (Å²) in [5, 5.41) is 9.85. The zero-order chi connectivity index (χ0) is 15.7. The van der Waals surface area contributed by atoms with Gasteiger partial charge >= 0.3 is 0 Å². The van der Waals surface area contributed by atoms with Crippen LogP contribution in [0.2, 0.25) is 0 Å². The van der Waals surface area contributed by atoms with Crippen molar-refractivity contribution in [3.05, 3.63) is 58.4 Å². The average molecular weight is 290 g/mol. The summed E-state index contributed by atoms with van der Waals surface area (Å²) >= 11 is 0. The minimum atomic E-state index is -0.184. The molecule has 0 spiro atoms. The van der Waals surface area contributed by atoms with Crippen LogP contribution < -0.4 is 10.5 Å². The Labute approximate surface area is 127 Å². The molecular formula is C17H14N4O. The van der Waals surface area contributed by atoms with Gasteiger partial charge < -0.3 is 9.88 Å². The number of nitrogens with zero attached hydrogens (tertiary/aromatic N) is 3. The van der Waals surface area contributed by atoms with E-state index in [0.29, 0.717) is 27.9 Å². The number of hydrogen-bond donors (Lipinski definition) is 1. The number of fused-ring (bicyclic) bond motifs is 1. The first-order valence-corrected chi connectivity index (χ1v) is 6.81. The Balaban J connectivity index is 2.20. The number of para-hydroxylation sites is 1. The number of benzene rings is 2. The highest BCUT2D eigenvalue weighted by Crippen LogP contribution is 2.24. The molecule has 5 heteroatoms. The Morgan fingerprint density at radius 3 is 2.68 bits per heavy atom. The van der Waals surface area contributed by atoms with Crippen LogP contribution in [0.1, 0.15) is 5.56 Å². The van der Waals surface area contributed by atoms with Crippen LogP contribution in [-0.2, 0) is 0 Å². The molecule has 22 heavy (non-hydrogen) atoms. The monoisotopic (exact) mass is 290 g/mol. The van der Waals surface area contributed by atoms with Crippen molar-refractivity contribution >= 4 is 16.6 Å². The molecule has 0 aliphatic carbocycles. The summed E-state index contributed by atoms with van der Waals surface area (Å²) < 4.78 is 0. The lowest BCUT2D eigenvalue weighted by molar-refractivity contribution is 1.12. The van der Waals surface area contributed by atoms with Crippen LogP contribution in [0.5, 0.6) is 0 Å². The molecule has 0 saturated heterocycles. The molecule has 1 aromatic heterocycles. The van der Waals surface area contributed by atoms with E-state index in [1.807, 2.05) is 37.2 Å². The van der Waals surface area contributed by atoms with Crippen molar-refractivity contribution in [3.8, 4) is 17.5 Å². The molecule has 0 unspecified atom stereocenters. The fraction of sp³-hybridized carbons (Fsp3) is 0.118. The summed E-state index contributed by atoms with van der Waals surface area (Å²) in [6.45, 7) is 0. The summed E-state index contributed by atoms with van der Waals surface area (Å²) in [5.74, 6) is 0.463. The quantitative estimate of drug-likeness (QED) is 0.787. The van der Waals surface area contributed by atoms with Gasteiger partial charge in [-0.25, -0.2) is 4.98 Å². The van der Waals surface area contributed by atoms with E-state index in [-0.39, 0.29) is 5.56 Å². The molecule has 0 saturated carbocycles. The van der Waals surface area contributed by atoms with E-state index in [2.05, 4.69) is 16.0 Å². The zero-order valence-electron chi connectivity index (χ0n) is 12.3. The van der Waals surface area contributed by atoms with Crippen molar-refractivity contribution in [2.24, 2.45) is 0 Å². The fourth-order valence-corrected chi connectivity index (χ4v) is 2.39. The van der Waals surface area contributed by atoms with Gasteiger partial charge in [0.2, 0.25) is 0 Å². The maximum atomic E-state index is 12.1. The molecular weight excluding hydrogens is 276 g/mol. The van der Waals surface area contributed by atoms with Crippen LogP contribution in [0, 0.1) is 11.3 Å². The van der Waals surface area contributed by atoms with Gasteiger partial charge in [-0.3, -0.25) is 4.79 Å². The predicted molar refractivity (Wildman–Crippen MR) is 86.8 cm³/mol. The van der Waals surface area contributed by atoms with E-state index in [9.17, 15) is 10.1 Å². The maximum Gasteiger partial charge on any atom is 0.259 e. The molecule has 0 fully saturated rings. The number of nitriles is 1. The first kappa shape index (κ1) is 13.8. The molecule has 1 N–H and O–H groups in total. The molecule has 0 bridgehead atoms. The number of rotatable bonds is 2. The molecule has 3 rings (SSSR count). The fourth-order valence-electron chi connectivity index (χ4n) is 2.39. The Bertz CT molecular complexity index is 951. The van der Waals surface area contributed by atoms with E-state index in [1.54, 1.807) is 24.3 Å². The van der Waals surface area contributed by atoms with Gasteiger partial charge in [-0.05, 0) is 30.3 Å². The Kier molecular flexibility index (Phi) is 3.36. The van der Waals surface area contributed by atoms with Crippen molar-refractivity contribution in [2.45, 2.75) is 0 Å². The van der Waals surface area contributed by atoms with Crippen LogP contribution in [0.4, 0.5) is 5.69 Å². The molecule has 0 radical (unpaired) electrons. The maximum absolute atomic E-state index is 12.1. The summed E-state index contributed by atoms with van der Waals surface area (Å²) in [6, 6.07) is 14.8. The van der Waals surface area contributed by atoms with Crippen molar-refractivity contribution in [1.82, 2.24) is 9.97 Å². The van der Waals surface area contributed by atoms with Gasteiger partial charge in [0.1, 0.15) is 11.9 Å². The second-order valence-corrected chi connectivity index (χ2v) is 5.17. The number of H-pyrrole nitrogens is 1. The van der Waals surface area contributed by atoms with Crippen molar-refractivity contribution in [2.75, 3.05) is 19.0 Å².